The van der Waals surface area contributed by atoms with Crippen LogP contribution in [0.3, 0.4) is 0 Å². The van der Waals surface area contributed by atoms with Crippen molar-refractivity contribution in [1.82, 2.24) is 19.7 Å². The summed E-state index contributed by atoms with van der Waals surface area (Å²) in [6.45, 7) is 6.26. The Bertz CT molecular complexity index is 698. The minimum absolute atomic E-state index is 0.0859. The van der Waals surface area contributed by atoms with Crippen LogP contribution in [0.2, 0.25) is 5.02 Å². The summed E-state index contributed by atoms with van der Waals surface area (Å²) in [4.78, 5) is 18.5. The molecule has 0 aliphatic carbocycles. The molecule has 0 fully saturated rings. The van der Waals surface area contributed by atoms with Gasteiger partial charge in [-0.2, -0.15) is 0 Å². The third-order valence-corrected chi connectivity index (χ3v) is 4.06. The van der Waals surface area contributed by atoms with Crippen LogP contribution in [0.4, 0.5) is 0 Å². The Labute approximate surface area is 141 Å². The first-order valence-electron chi connectivity index (χ1n) is 7.55. The van der Waals surface area contributed by atoms with E-state index in [0.29, 0.717) is 23.1 Å². The lowest BCUT2D eigenvalue weighted by Gasteiger charge is -2.21. The van der Waals surface area contributed by atoms with E-state index < -0.39 is 0 Å². The van der Waals surface area contributed by atoms with Crippen molar-refractivity contribution < 1.29 is 4.79 Å². The maximum absolute atomic E-state index is 12.5. The normalized spacial score (nSPS) is 12.5. The summed E-state index contributed by atoms with van der Waals surface area (Å²) < 4.78 is 1.64. The van der Waals surface area contributed by atoms with Crippen molar-refractivity contribution >= 4 is 17.5 Å². The SMILES string of the molecule is CC(C)c1nc(C(=O)N(C)C(C)CN)nn1-c1ccccc1Cl. The molecule has 0 saturated carbocycles. The molecular formula is C16H22ClN5O. The molecule has 1 aromatic carbocycles. The van der Waals surface area contributed by atoms with Gasteiger partial charge in [-0.1, -0.05) is 37.6 Å². The molecule has 2 aromatic rings. The number of carbonyl (C=O) groups is 1. The highest BCUT2D eigenvalue weighted by Gasteiger charge is 2.24. The summed E-state index contributed by atoms with van der Waals surface area (Å²) in [5.74, 6) is 0.680. The molecular weight excluding hydrogens is 314 g/mol. The second-order valence-corrected chi connectivity index (χ2v) is 6.22. The Morgan fingerprint density at radius 2 is 2.00 bits per heavy atom. The molecule has 1 heterocycles. The van der Waals surface area contributed by atoms with E-state index in [0.717, 1.165) is 0 Å². The molecule has 7 heteroatoms. The van der Waals surface area contributed by atoms with Gasteiger partial charge in [0.25, 0.3) is 5.91 Å². The molecule has 124 valence electrons. The summed E-state index contributed by atoms with van der Waals surface area (Å²) in [7, 11) is 1.70. The Morgan fingerprint density at radius 3 is 2.57 bits per heavy atom. The van der Waals surface area contributed by atoms with Crippen LogP contribution in [0.1, 0.15) is 43.1 Å². The average molecular weight is 336 g/mol. The van der Waals surface area contributed by atoms with E-state index in [2.05, 4.69) is 10.1 Å². The molecule has 2 N–H and O–H groups in total. The third kappa shape index (κ3) is 3.54. The van der Waals surface area contributed by atoms with Gasteiger partial charge in [0, 0.05) is 25.6 Å². The number of amides is 1. The molecule has 0 spiro atoms. The van der Waals surface area contributed by atoms with Gasteiger partial charge in [0.1, 0.15) is 5.82 Å². The van der Waals surface area contributed by atoms with Crippen LogP contribution < -0.4 is 5.73 Å². The van der Waals surface area contributed by atoms with Gasteiger partial charge in [-0.25, -0.2) is 9.67 Å². The maximum Gasteiger partial charge on any atom is 0.293 e. The van der Waals surface area contributed by atoms with Crippen molar-refractivity contribution in [2.24, 2.45) is 5.73 Å². The number of nitrogens with zero attached hydrogens (tertiary/aromatic N) is 4. The highest BCUT2D eigenvalue weighted by atomic mass is 35.5. The van der Waals surface area contributed by atoms with Crippen molar-refractivity contribution in [3.05, 3.63) is 40.9 Å². The molecule has 0 radical (unpaired) electrons. The van der Waals surface area contributed by atoms with E-state index in [1.807, 2.05) is 39.0 Å². The minimum atomic E-state index is -0.254. The number of aromatic nitrogens is 3. The van der Waals surface area contributed by atoms with Gasteiger partial charge >= 0.3 is 0 Å². The quantitative estimate of drug-likeness (QED) is 0.910. The molecule has 0 aliphatic heterocycles. The predicted octanol–water partition coefficient (Wildman–Crippen LogP) is 2.46. The Morgan fingerprint density at radius 1 is 1.35 bits per heavy atom. The van der Waals surface area contributed by atoms with Gasteiger partial charge in [0.15, 0.2) is 0 Å². The van der Waals surface area contributed by atoms with Crippen LogP contribution in [0, 0.1) is 0 Å². The molecule has 1 atom stereocenters. The van der Waals surface area contributed by atoms with Gasteiger partial charge in [0.2, 0.25) is 5.82 Å². The van der Waals surface area contributed by atoms with Gasteiger partial charge in [-0.15, -0.1) is 5.10 Å². The fourth-order valence-corrected chi connectivity index (χ4v) is 2.32. The molecule has 23 heavy (non-hydrogen) atoms. The third-order valence-electron chi connectivity index (χ3n) is 3.74. The van der Waals surface area contributed by atoms with E-state index in [9.17, 15) is 4.79 Å². The number of halogens is 1. The van der Waals surface area contributed by atoms with Gasteiger partial charge in [-0.3, -0.25) is 4.79 Å². The molecule has 1 aromatic heterocycles. The van der Waals surface area contributed by atoms with Gasteiger partial charge in [0.05, 0.1) is 10.7 Å². The standard InChI is InChI=1S/C16H22ClN5O/c1-10(2)15-19-14(16(23)21(4)11(3)9-18)20-22(15)13-8-6-5-7-12(13)17/h5-8,10-11H,9,18H2,1-4H3. The first-order chi connectivity index (χ1) is 10.9. The van der Waals surface area contributed by atoms with Crippen LogP contribution in [0.15, 0.2) is 24.3 Å². The maximum atomic E-state index is 12.5. The number of likely N-dealkylation sites (N-methyl/N-ethyl adjacent to an activating group) is 1. The van der Waals surface area contributed by atoms with E-state index >= 15 is 0 Å². The number of benzene rings is 1. The fraction of sp³-hybridized carbons (Fsp3) is 0.438. The first kappa shape index (κ1) is 17.4. The Balaban J connectivity index is 2.48. The summed E-state index contributed by atoms with van der Waals surface area (Å²) in [6.07, 6.45) is 0. The molecule has 0 saturated heterocycles. The van der Waals surface area contributed by atoms with Crippen molar-refractivity contribution in [2.75, 3.05) is 13.6 Å². The zero-order chi connectivity index (χ0) is 17.1. The summed E-state index contributed by atoms with van der Waals surface area (Å²) >= 11 is 6.26. The van der Waals surface area contributed by atoms with Crippen molar-refractivity contribution in [3.8, 4) is 5.69 Å². The van der Waals surface area contributed by atoms with Crippen LogP contribution in [0.5, 0.6) is 0 Å². The molecule has 6 nitrogen and oxygen atoms in total. The fourth-order valence-electron chi connectivity index (χ4n) is 2.11. The van der Waals surface area contributed by atoms with Gasteiger partial charge in [-0.05, 0) is 19.1 Å². The van der Waals surface area contributed by atoms with Crippen molar-refractivity contribution in [2.45, 2.75) is 32.7 Å². The van der Waals surface area contributed by atoms with E-state index in [4.69, 9.17) is 17.3 Å². The summed E-state index contributed by atoms with van der Waals surface area (Å²) in [5.41, 5.74) is 6.33. The van der Waals surface area contributed by atoms with E-state index in [-0.39, 0.29) is 23.7 Å². The molecule has 1 amide bonds. The van der Waals surface area contributed by atoms with Crippen molar-refractivity contribution in [3.63, 3.8) is 0 Å². The highest BCUT2D eigenvalue weighted by molar-refractivity contribution is 6.32. The van der Waals surface area contributed by atoms with Crippen molar-refractivity contribution in [1.29, 1.82) is 0 Å². The second kappa shape index (κ2) is 7.10. The van der Waals surface area contributed by atoms with E-state index in [1.165, 1.54) is 0 Å². The van der Waals surface area contributed by atoms with Crippen LogP contribution in [-0.2, 0) is 0 Å². The topological polar surface area (TPSA) is 77.0 Å². The summed E-state index contributed by atoms with van der Waals surface area (Å²) in [5, 5.41) is 4.95. The van der Waals surface area contributed by atoms with Crippen LogP contribution in [0.25, 0.3) is 5.69 Å². The number of carbonyl (C=O) groups excluding carboxylic acids is 1. The van der Waals surface area contributed by atoms with Crippen LogP contribution >= 0.6 is 11.6 Å². The van der Waals surface area contributed by atoms with Crippen LogP contribution in [-0.4, -0.2) is 45.2 Å². The minimum Gasteiger partial charge on any atom is -0.335 e. The molecule has 0 aliphatic rings. The number of nitrogens with two attached hydrogens (primary N) is 1. The smallest absolute Gasteiger partial charge is 0.293 e. The largest absolute Gasteiger partial charge is 0.335 e. The number of para-hydroxylation sites is 1. The highest BCUT2D eigenvalue weighted by Crippen LogP contribution is 2.24. The zero-order valence-corrected chi connectivity index (χ0v) is 14.6. The first-order valence-corrected chi connectivity index (χ1v) is 7.93. The number of rotatable bonds is 5. The lowest BCUT2D eigenvalue weighted by molar-refractivity contribution is 0.0736. The monoisotopic (exact) mass is 335 g/mol. The molecule has 2 rings (SSSR count). The number of hydrogen-bond donors (Lipinski definition) is 1. The zero-order valence-electron chi connectivity index (χ0n) is 13.8. The number of hydrogen-bond acceptors (Lipinski definition) is 4. The van der Waals surface area contributed by atoms with Gasteiger partial charge < -0.3 is 10.6 Å². The molecule has 0 bridgehead atoms. The summed E-state index contributed by atoms with van der Waals surface area (Å²) in [6, 6.07) is 7.27. The predicted molar refractivity (Wildman–Crippen MR) is 91.1 cm³/mol. The lowest BCUT2D eigenvalue weighted by atomic mass is 10.2. The molecule has 1 unspecified atom stereocenters. The second-order valence-electron chi connectivity index (χ2n) is 5.81. The lowest BCUT2D eigenvalue weighted by Crippen LogP contribution is -2.40. The van der Waals surface area contributed by atoms with E-state index in [1.54, 1.807) is 22.7 Å². The Hall–Kier alpha value is -1.92. The average Bonchev–Trinajstić information content (AvgIpc) is 2.98. The Kier molecular flexibility index (Phi) is 5.38.